The van der Waals surface area contributed by atoms with Crippen LogP contribution in [0.2, 0.25) is 0 Å². The molecular formula is C58H39NO. The van der Waals surface area contributed by atoms with Gasteiger partial charge in [0.25, 0.3) is 0 Å². The number of nitrogens with zero attached hydrogens (tertiary/aromatic N) is 1. The number of benzene rings is 10. The minimum absolute atomic E-state index is 0.858. The predicted molar refractivity (Wildman–Crippen MR) is 253 cm³/mol. The molecule has 1 aromatic heterocycles. The standard InChI is InChI=1S/C58H39NO/c1-2-14-40(15-3-1)42-26-29-44(30-27-42)49-18-6-7-19-50(49)51-20-8-9-21-52(51)53-22-10-12-24-56(53)59(48-36-37-55-54-23-11-13-25-57(54)60-58(55)39-48)47-34-32-43(33-35-47)46-31-28-41-16-4-5-17-45(41)38-46/h1-39H. The van der Waals surface area contributed by atoms with E-state index in [1.165, 1.54) is 55.3 Å². The van der Waals surface area contributed by atoms with Crippen LogP contribution in [0.25, 0.3) is 88.3 Å². The highest BCUT2D eigenvalue weighted by Crippen LogP contribution is 2.46. The van der Waals surface area contributed by atoms with E-state index in [2.05, 4.69) is 229 Å². The van der Waals surface area contributed by atoms with E-state index in [0.717, 1.165) is 50.1 Å². The van der Waals surface area contributed by atoms with E-state index in [0.29, 0.717) is 0 Å². The number of rotatable bonds is 8. The summed E-state index contributed by atoms with van der Waals surface area (Å²) in [5.74, 6) is 0. The molecule has 0 aliphatic carbocycles. The summed E-state index contributed by atoms with van der Waals surface area (Å²) >= 11 is 0. The van der Waals surface area contributed by atoms with Gasteiger partial charge in [0.2, 0.25) is 0 Å². The van der Waals surface area contributed by atoms with E-state index in [1.54, 1.807) is 0 Å². The maximum Gasteiger partial charge on any atom is 0.137 e. The van der Waals surface area contributed by atoms with Gasteiger partial charge in [0.05, 0.1) is 5.69 Å². The van der Waals surface area contributed by atoms with Crippen LogP contribution in [-0.2, 0) is 0 Å². The smallest absolute Gasteiger partial charge is 0.137 e. The molecule has 1 heterocycles. The highest BCUT2D eigenvalue weighted by Gasteiger charge is 2.21. The third-order valence-corrected chi connectivity index (χ3v) is 11.7. The molecule has 0 saturated heterocycles. The molecule has 11 aromatic rings. The van der Waals surface area contributed by atoms with Crippen LogP contribution in [0.15, 0.2) is 241 Å². The molecule has 0 radical (unpaired) electrons. The molecule has 0 atom stereocenters. The first kappa shape index (κ1) is 35.2. The van der Waals surface area contributed by atoms with E-state index in [-0.39, 0.29) is 0 Å². The van der Waals surface area contributed by atoms with E-state index in [1.807, 2.05) is 12.1 Å². The normalized spacial score (nSPS) is 11.3. The van der Waals surface area contributed by atoms with Crippen molar-refractivity contribution in [1.82, 2.24) is 0 Å². The Bertz CT molecular complexity index is 3310. The van der Waals surface area contributed by atoms with Crippen molar-refractivity contribution in [1.29, 1.82) is 0 Å². The fourth-order valence-corrected chi connectivity index (χ4v) is 8.74. The first-order chi connectivity index (χ1) is 29.7. The van der Waals surface area contributed by atoms with Gasteiger partial charge in [-0.05, 0) is 103 Å². The zero-order valence-corrected chi connectivity index (χ0v) is 32.9. The van der Waals surface area contributed by atoms with Crippen molar-refractivity contribution in [3.05, 3.63) is 237 Å². The van der Waals surface area contributed by atoms with Gasteiger partial charge in [-0.1, -0.05) is 188 Å². The number of anilines is 3. The minimum atomic E-state index is 0.858. The first-order valence-corrected chi connectivity index (χ1v) is 20.5. The fraction of sp³-hybridized carbons (Fsp3) is 0. The monoisotopic (exact) mass is 765 g/mol. The minimum Gasteiger partial charge on any atom is -0.456 e. The summed E-state index contributed by atoms with van der Waals surface area (Å²) in [4.78, 5) is 2.37. The molecule has 0 unspecified atom stereocenters. The number of para-hydroxylation sites is 2. The number of hydrogen-bond donors (Lipinski definition) is 0. The lowest BCUT2D eigenvalue weighted by atomic mass is 9.88. The van der Waals surface area contributed by atoms with E-state index >= 15 is 0 Å². The van der Waals surface area contributed by atoms with Gasteiger partial charge in [-0.2, -0.15) is 0 Å². The molecule has 0 N–H and O–H groups in total. The zero-order valence-electron chi connectivity index (χ0n) is 32.9. The van der Waals surface area contributed by atoms with Crippen LogP contribution in [-0.4, -0.2) is 0 Å². The van der Waals surface area contributed by atoms with Gasteiger partial charge in [-0.3, -0.25) is 0 Å². The Morgan fingerprint density at radius 1 is 0.267 bits per heavy atom. The summed E-state index contributed by atoms with van der Waals surface area (Å²) < 4.78 is 6.48. The molecule has 60 heavy (non-hydrogen) atoms. The van der Waals surface area contributed by atoms with Crippen molar-refractivity contribution in [2.75, 3.05) is 4.90 Å². The molecule has 11 rings (SSSR count). The summed E-state index contributed by atoms with van der Waals surface area (Å²) in [5, 5.41) is 4.70. The summed E-state index contributed by atoms with van der Waals surface area (Å²) in [7, 11) is 0. The third kappa shape index (κ3) is 6.41. The maximum absolute atomic E-state index is 6.48. The van der Waals surface area contributed by atoms with Gasteiger partial charge in [-0.25, -0.2) is 0 Å². The van der Waals surface area contributed by atoms with Crippen molar-refractivity contribution < 1.29 is 4.42 Å². The molecule has 0 amide bonds. The summed E-state index contributed by atoms with van der Waals surface area (Å²) in [6, 6.07) is 84.9. The van der Waals surface area contributed by atoms with Gasteiger partial charge in [0.15, 0.2) is 0 Å². The van der Waals surface area contributed by atoms with Crippen LogP contribution in [0.4, 0.5) is 17.1 Å². The molecule has 282 valence electrons. The quantitative estimate of drug-likeness (QED) is 0.153. The van der Waals surface area contributed by atoms with Gasteiger partial charge in [0, 0.05) is 33.8 Å². The Kier molecular flexibility index (Phi) is 8.87. The van der Waals surface area contributed by atoms with E-state index < -0.39 is 0 Å². The van der Waals surface area contributed by atoms with Crippen molar-refractivity contribution in [2.45, 2.75) is 0 Å². The van der Waals surface area contributed by atoms with Gasteiger partial charge in [0.1, 0.15) is 11.2 Å². The molecule has 10 aromatic carbocycles. The third-order valence-electron chi connectivity index (χ3n) is 11.7. The SMILES string of the molecule is c1ccc(-c2ccc(-c3ccccc3-c3ccccc3-c3ccccc3N(c3ccc(-c4ccc5ccccc5c4)cc3)c3ccc4c(c3)oc3ccccc34)cc2)cc1. The molecular weight excluding hydrogens is 727 g/mol. The highest BCUT2D eigenvalue weighted by atomic mass is 16.3. The molecule has 0 saturated carbocycles. The molecule has 0 bridgehead atoms. The number of furan rings is 1. The van der Waals surface area contributed by atoms with Crippen LogP contribution in [0.1, 0.15) is 0 Å². The van der Waals surface area contributed by atoms with Crippen LogP contribution in [0.3, 0.4) is 0 Å². The Morgan fingerprint density at radius 2 is 0.767 bits per heavy atom. The Hall–Kier alpha value is -7.94. The summed E-state index contributed by atoms with van der Waals surface area (Å²) in [6.07, 6.45) is 0. The Balaban J connectivity index is 1.05. The Labute approximate surface area is 349 Å². The largest absolute Gasteiger partial charge is 0.456 e. The average molecular weight is 766 g/mol. The van der Waals surface area contributed by atoms with E-state index in [9.17, 15) is 0 Å². The van der Waals surface area contributed by atoms with E-state index in [4.69, 9.17) is 4.42 Å². The van der Waals surface area contributed by atoms with Crippen LogP contribution in [0, 0.1) is 0 Å². The molecule has 0 spiro atoms. The fourth-order valence-electron chi connectivity index (χ4n) is 8.74. The predicted octanol–water partition coefficient (Wildman–Crippen LogP) is 16.5. The van der Waals surface area contributed by atoms with Crippen LogP contribution < -0.4 is 4.90 Å². The first-order valence-electron chi connectivity index (χ1n) is 20.5. The second-order valence-electron chi connectivity index (χ2n) is 15.3. The lowest BCUT2D eigenvalue weighted by Gasteiger charge is -2.28. The van der Waals surface area contributed by atoms with Gasteiger partial charge < -0.3 is 9.32 Å². The maximum atomic E-state index is 6.48. The molecule has 2 nitrogen and oxygen atoms in total. The van der Waals surface area contributed by atoms with Crippen LogP contribution >= 0.6 is 0 Å². The summed E-state index contributed by atoms with van der Waals surface area (Å²) in [6.45, 7) is 0. The topological polar surface area (TPSA) is 16.4 Å². The number of hydrogen-bond acceptors (Lipinski definition) is 2. The van der Waals surface area contributed by atoms with Gasteiger partial charge >= 0.3 is 0 Å². The zero-order chi connectivity index (χ0) is 39.8. The Morgan fingerprint density at radius 3 is 1.55 bits per heavy atom. The highest BCUT2D eigenvalue weighted by molar-refractivity contribution is 6.06. The number of fused-ring (bicyclic) bond motifs is 4. The van der Waals surface area contributed by atoms with Crippen molar-refractivity contribution in [3.63, 3.8) is 0 Å². The summed E-state index contributed by atoms with van der Waals surface area (Å²) in [5.41, 5.74) is 16.7. The second kappa shape index (κ2) is 15.1. The molecule has 2 heteroatoms. The lowest BCUT2D eigenvalue weighted by Crippen LogP contribution is -2.11. The second-order valence-corrected chi connectivity index (χ2v) is 15.3. The molecule has 0 fully saturated rings. The van der Waals surface area contributed by atoms with Crippen molar-refractivity contribution in [2.24, 2.45) is 0 Å². The molecule has 0 aliphatic heterocycles. The van der Waals surface area contributed by atoms with Crippen LogP contribution in [0.5, 0.6) is 0 Å². The van der Waals surface area contributed by atoms with Crippen molar-refractivity contribution in [3.8, 4) is 55.6 Å². The lowest BCUT2D eigenvalue weighted by molar-refractivity contribution is 0.669. The molecule has 0 aliphatic rings. The average Bonchev–Trinajstić information content (AvgIpc) is 3.70. The van der Waals surface area contributed by atoms with Crippen molar-refractivity contribution >= 4 is 49.8 Å². The van der Waals surface area contributed by atoms with Gasteiger partial charge in [-0.15, -0.1) is 0 Å².